The van der Waals surface area contributed by atoms with Crippen molar-refractivity contribution in [3.63, 3.8) is 0 Å². The number of hydrogen-bond acceptors (Lipinski definition) is 4. The van der Waals surface area contributed by atoms with E-state index in [-0.39, 0.29) is 0 Å². The lowest BCUT2D eigenvalue weighted by molar-refractivity contribution is 0.683. The van der Waals surface area contributed by atoms with E-state index in [9.17, 15) is 0 Å². The van der Waals surface area contributed by atoms with Crippen LogP contribution in [0.15, 0.2) is 24.3 Å². The van der Waals surface area contributed by atoms with Crippen molar-refractivity contribution in [3.05, 3.63) is 24.3 Å². The molecule has 0 unspecified atom stereocenters. The molecule has 0 spiro atoms. The van der Waals surface area contributed by atoms with Gasteiger partial charge in [0, 0.05) is 6.54 Å². The monoisotopic (exact) mass is 230 g/mol. The molecule has 0 amide bonds. The number of unbranched alkanes of at least 4 members (excludes halogenated alkanes) is 3. The highest BCUT2D eigenvalue weighted by molar-refractivity contribution is 5.73. The summed E-state index contributed by atoms with van der Waals surface area (Å²) in [6.07, 6.45) is 4.96. The third-order valence-corrected chi connectivity index (χ3v) is 2.67. The Kier molecular flexibility index (Phi) is 4.24. The van der Waals surface area contributed by atoms with Gasteiger partial charge in [-0.3, -0.25) is 0 Å². The van der Waals surface area contributed by atoms with Crippen LogP contribution >= 0.6 is 0 Å². The summed E-state index contributed by atoms with van der Waals surface area (Å²) in [5.41, 5.74) is 1.72. The molecule has 0 bridgehead atoms. The normalized spacial score (nSPS) is 10.6. The van der Waals surface area contributed by atoms with Gasteiger partial charge in [0.25, 0.3) is 0 Å². The molecule has 1 heterocycles. The lowest BCUT2D eigenvalue weighted by Crippen LogP contribution is -2.06. The molecule has 0 atom stereocenters. The second kappa shape index (κ2) is 6.13. The van der Waals surface area contributed by atoms with Crippen molar-refractivity contribution in [2.45, 2.75) is 32.6 Å². The zero-order valence-electron chi connectivity index (χ0n) is 10.2. The molecule has 90 valence electrons. The fraction of sp³-hybridized carbons (Fsp3) is 0.462. The molecule has 4 nitrogen and oxygen atoms in total. The van der Waals surface area contributed by atoms with E-state index in [0.717, 1.165) is 24.0 Å². The van der Waals surface area contributed by atoms with E-state index in [1.165, 1.54) is 19.3 Å². The van der Waals surface area contributed by atoms with Crippen LogP contribution in [0.3, 0.4) is 0 Å². The first-order chi connectivity index (χ1) is 8.40. The Labute approximate surface area is 101 Å². The maximum Gasteiger partial charge on any atom is 0.243 e. The van der Waals surface area contributed by atoms with Gasteiger partial charge in [0.05, 0.1) is 5.52 Å². The molecular weight excluding hydrogens is 212 g/mol. The average Bonchev–Trinajstić information content (AvgIpc) is 2.38. The fourth-order valence-electron chi connectivity index (χ4n) is 1.71. The van der Waals surface area contributed by atoms with Crippen LogP contribution in [-0.4, -0.2) is 21.7 Å². The largest absolute Gasteiger partial charge is 0.353 e. The van der Waals surface area contributed by atoms with E-state index in [4.69, 9.17) is 0 Å². The van der Waals surface area contributed by atoms with Gasteiger partial charge in [0.15, 0.2) is 0 Å². The highest BCUT2D eigenvalue weighted by Crippen LogP contribution is 2.09. The molecule has 1 aromatic carbocycles. The lowest BCUT2D eigenvalue weighted by Gasteiger charge is -2.04. The van der Waals surface area contributed by atoms with Crippen LogP contribution in [0.1, 0.15) is 32.6 Å². The Morgan fingerprint density at radius 2 is 1.82 bits per heavy atom. The van der Waals surface area contributed by atoms with Crippen LogP contribution in [0.4, 0.5) is 5.95 Å². The number of para-hydroxylation sites is 1. The van der Waals surface area contributed by atoms with Crippen LogP contribution in [0.2, 0.25) is 0 Å². The van der Waals surface area contributed by atoms with Gasteiger partial charge in [0.1, 0.15) is 5.52 Å². The summed E-state index contributed by atoms with van der Waals surface area (Å²) in [5, 5.41) is 11.4. The van der Waals surface area contributed by atoms with Crippen LogP contribution in [-0.2, 0) is 0 Å². The van der Waals surface area contributed by atoms with Crippen molar-refractivity contribution in [3.8, 4) is 0 Å². The maximum atomic E-state index is 4.41. The molecule has 0 aliphatic heterocycles. The van der Waals surface area contributed by atoms with Crippen molar-refractivity contribution >= 4 is 17.0 Å². The number of fused-ring (bicyclic) bond motifs is 1. The zero-order valence-corrected chi connectivity index (χ0v) is 10.2. The quantitative estimate of drug-likeness (QED) is 0.775. The number of anilines is 1. The average molecular weight is 230 g/mol. The molecule has 0 aliphatic carbocycles. The van der Waals surface area contributed by atoms with Gasteiger partial charge >= 0.3 is 0 Å². The van der Waals surface area contributed by atoms with Gasteiger partial charge in [-0.1, -0.05) is 38.3 Å². The van der Waals surface area contributed by atoms with Crippen molar-refractivity contribution in [2.24, 2.45) is 0 Å². The first-order valence-electron chi connectivity index (χ1n) is 6.23. The zero-order chi connectivity index (χ0) is 11.9. The van der Waals surface area contributed by atoms with Gasteiger partial charge in [0.2, 0.25) is 5.95 Å². The lowest BCUT2D eigenvalue weighted by atomic mass is 10.2. The minimum atomic E-state index is 0.625. The number of nitrogens with one attached hydrogen (secondary N) is 1. The number of rotatable bonds is 6. The van der Waals surface area contributed by atoms with Gasteiger partial charge in [-0.25, -0.2) is 4.98 Å². The fourth-order valence-corrected chi connectivity index (χ4v) is 1.71. The van der Waals surface area contributed by atoms with Gasteiger partial charge < -0.3 is 5.32 Å². The van der Waals surface area contributed by atoms with Crippen molar-refractivity contribution < 1.29 is 0 Å². The van der Waals surface area contributed by atoms with E-state index in [1.807, 2.05) is 24.3 Å². The summed E-state index contributed by atoms with van der Waals surface area (Å²) < 4.78 is 0. The third kappa shape index (κ3) is 3.37. The Bertz CT molecular complexity index is 470. The van der Waals surface area contributed by atoms with Crippen LogP contribution in [0.5, 0.6) is 0 Å². The SMILES string of the molecule is CCCCCCNc1nnc2ccccc2n1. The Balaban J connectivity index is 1.90. The summed E-state index contributed by atoms with van der Waals surface area (Å²) in [6, 6.07) is 7.77. The van der Waals surface area contributed by atoms with Gasteiger partial charge in [-0.15, -0.1) is 10.2 Å². The number of nitrogens with zero attached hydrogens (tertiary/aromatic N) is 3. The maximum absolute atomic E-state index is 4.41. The molecular formula is C13H18N4. The van der Waals surface area contributed by atoms with E-state index >= 15 is 0 Å². The molecule has 0 radical (unpaired) electrons. The molecule has 17 heavy (non-hydrogen) atoms. The first-order valence-corrected chi connectivity index (χ1v) is 6.23. The van der Waals surface area contributed by atoms with Crippen LogP contribution in [0, 0.1) is 0 Å². The molecule has 1 N–H and O–H groups in total. The topological polar surface area (TPSA) is 50.7 Å². The number of aromatic nitrogens is 3. The predicted octanol–water partition coefficient (Wildman–Crippen LogP) is 3.02. The highest BCUT2D eigenvalue weighted by Gasteiger charge is 1.99. The van der Waals surface area contributed by atoms with E-state index < -0.39 is 0 Å². The van der Waals surface area contributed by atoms with E-state index in [2.05, 4.69) is 27.4 Å². The highest BCUT2D eigenvalue weighted by atomic mass is 15.2. The van der Waals surface area contributed by atoms with E-state index in [0.29, 0.717) is 5.95 Å². The summed E-state index contributed by atoms with van der Waals surface area (Å²) in [6.45, 7) is 3.13. The summed E-state index contributed by atoms with van der Waals surface area (Å²) in [5.74, 6) is 0.625. The van der Waals surface area contributed by atoms with Crippen LogP contribution in [0.25, 0.3) is 11.0 Å². The van der Waals surface area contributed by atoms with Crippen molar-refractivity contribution in [1.82, 2.24) is 15.2 Å². The Morgan fingerprint density at radius 3 is 2.65 bits per heavy atom. The molecule has 0 saturated heterocycles. The Morgan fingerprint density at radius 1 is 1.00 bits per heavy atom. The van der Waals surface area contributed by atoms with Crippen molar-refractivity contribution in [1.29, 1.82) is 0 Å². The number of benzene rings is 1. The predicted molar refractivity (Wildman–Crippen MR) is 70.0 cm³/mol. The standard InChI is InChI=1S/C13H18N4/c1-2-3-4-7-10-14-13-15-11-8-5-6-9-12(11)16-17-13/h5-6,8-9H,2-4,7,10H2,1H3,(H,14,15,17). The molecule has 0 fully saturated rings. The molecule has 2 aromatic rings. The summed E-state index contributed by atoms with van der Waals surface area (Å²) in [7, 11) is 0. The molecule has 0 saturated carbocycles. The van der Waals surface area contributed by atoms with Crippen LogP contribution < -0.4 is 5.32 Å². The molecule has 2 rings (SSSR count). The number of hydrogen-bond donors (Lipinski definition) is 1. The third-order valence-electron chi connectivity index (χ3n) is 2.67. The smallest absolute Gasteiger partial charge is 0.243 e. The first kappa shape index (κ1) is 11.8. The second-order valence-corrected chi connectivity index (χ2v) is 4.11. The summed E-state index contributed by atoms with van der Waals surface area (Å²) in [4.78, 5) is 4.41. The minimum Gasteiger partial charge on any atom is -0.353 e. The Hall–Kier alpha value is -1.71. The second-order valence-electron chi connectivity index (χ2n) is 4.11. The van der Waals surface area contributed by atoms with Crippen molar-refractivity contribution in [2.75, 3.05) is 11.9 Å². The minimum absolute atomic E-state index is 0.625. The van der Waals surface area contributed by atoms with E-state index in [1.54, 1.807) is 0 Å². The molecule has 1 aromatic heterocycles. The summed E-state index contributed by atoms with van der Waals surface area (Å²) >= 11 is 0. The van der Waals surface area contributed by atoms with Gasteiger partial charge in [-0.05, 0) is 18.6 Å². The molecule has 4 heteroatoms. The van der Waals surface area contributed by atoms with Gasteiger partial charge in [-0.2, -0.15) is 0 Å². The molecule has 0 aliphatic rings.